The van der Waals surface area contributed by atoms with E-state index in [0.717, 1.165) is 0 Å². The molecule has 230 valence electrons. The monoisotopic (exact) mass is 758 g/mol. The Labute approximate surface area is 314 Å². The van der Waals surface area contributed by atoms with Crippen molar-refractivity contribution in [2.24, 2.45) is 0 Å². The number of allylic oxidation sites excluding steroid dienone is 5. The van der Waals surface area contributed by atoms with E-state index in [1.807, 2.05) is 94.1 Å². The largest absolute Gasteiger partial charge is 0.0809 e. The summed E-state index contributed by atoms with van der Waals surface area (Å²) in [6.07, 6.45) is 2.46. The van der Waals surface area contributed by atoms with Crippen LogP contribution in [0, 0.1) is 0 Å². The average Bonchev–Trinajstić information content (AvgIpc) is 3.95. The van der Waals surface area contributed by atoms with Gasteiger partial charge in [-0.15, -0.1) is 0 Å². The van der Waals surface area contributed by atoms with E-state index in [9.17, 15) is 0 Å². The molecule has 5 aromatic carbocycles. The highest BCUT2D eigenvalue weighted by Gasteiger charge is 2.43. The molecule has 0 radical (unpaired) electrons. The Hall–Kier alpha value is -2.40. The van der Waals surface area contributed by atoms with E-state index in [2.05, 4.69) is 133 Å². The molecular weight excluding hydrogens is 737 g/mol. The van der Waals surface area contributed by atoms with Crippen LogP contribution >= 0.6 is 94.1 Å². The van der Waals surface area contributed by atoms with Crippen LogP contribution in [0.1, 0.15) is 5.56 Å². The predicted octanol–water partition coefficient (Wildman–Crippen LogP) is 14.5. The van der Waals surface area contributed by atoms with Crippen LogP contribution in [0.3, 0.4) is 0 Å². The molecule has 1 aliphatic carbocycles. The van der Waals surface area contributed by atoms with E-state index in [-0.39, 0.29) is 0 Å². The summed E-state index contributed by atoms with van der Waals surface area (Å²) in [6, 6.07) is 46.5. The number of benzene rings is 5. The van der Waals surface area contributed by atoms with Gasteiger partial charge in [-0.05, 0) is 65.7 Å². The fourth-order valence-corrected chi connectivity index (χ4v) is 16.5. The zero-order chi connectivity index (χ0) is 31.6. The van der Waals surface area contributed by atoms with Crippen molar-refractivity contribution in [3.8, 4) is 0 Å². The second kappa shape index (κ2) is 12.7. The summed E-state index contributed by atoms with van der Waals surface area (Å²) in [7, 11) is 0. The van der Waals surface area contributed by atoms with Crippen molar-refractivity contribution >= 4 is 100 Å². The summed E-state index contributed by atoms with van der Waals surface area (Å²) in [5.74, 6) is 0. The lowest BCUT2D eigenvalue weighted by molar-refractivity contribution is 1.27. The molecule has 0 aromatic heterocycles. The topological polar surface area (TPSA) is 0 Å². The summed E-state index contributed by atoms with van der Waals surface area (Å²) in [6.45, 7) is 0. The molecule has 10 rings (SSSR count). The van der Waals surface area contributed by atoms with Crippen LogP contribution in [-0.4, -0.2) is 0 Å². The van der Waals surface area contributed by atoms with E-state index in [1.165, 1.54) is 89.5 Å². The molecule has 0 spiro atoms. The van der Waals surface area contributed by atoms with Crippen molar-refractivity contribution in [3.63, 3.8) is 0 Å². The lowest BCUT2D eigenvalue weighted by atomic mass is 10.0. The summed E-state index contributed by atoms with van der Waals surface area (Å²) in [5, 5.41) is 0. The van der Waals surface area contributed by atoms with E-state index in [1.54, 1.807) is 0 Å². The molecular formula is C40H22S8. The van der Waals surface area contributed by atoms with Crippen LogP contribution in [-0.2, 0) is 0 Å². The Morgan fingerprint density at radius 1 is 0.271 bits per heavy atom. The van der Waals surface area contributed by atoms with Gasteiger partial charge in [-0.25, -0.2) is 0 Å². The molecule has 5 aliphatic rings. The van der Waals surface area contributed by atoms with Gasteiger partial charge in [0.05, 0.1) is 16.9 Å². The van der Waals surface area contributed by atoms with Gasteiger partial charge >= 0.3 is 0 Å². The van der Waals surface area contributed by atoms with Crippen LogP contribution in [0.15, 0.2) is 211 Å². The summed E-state index contributed by atoms with van der Waals surface area (Å²) in [4.78, 5) is 10.7. The molecule has 1 fully saturated rings. The predicted molar refractivity (Wildman–Crippen MR) is 215 cm³/mol. The SMILES string of the molecule is C(=C1C(=C2Sc3ccccc3S2)C(=C2Sc3ccccc3S2)C(=C2Sc3ccccc3S2)C1=C1Sc2ccccc2S1)c1ccccc1. The first kappa shape index (κ1) is 30.4. The number of thioether (sulfide) groups is 8. The Bertz CT molecular complexity index is 2090. The molecule has 48 heavy (non-hydrogen) atoms. The molecule has 8 heteroatoms. The Morgan fingerprint density at radius 2 is 0.521 bits per heavy atom. The first-order valence-electron chi connectivity index (χ1n) is 15.3. The third-order valence-corrected chi connectivity index (χ3v) is 18.5. The second-order valence-corrected chi connectivity index (χ2v) is 20.7. The molecule has 0 bridgehead atoms. The highest BCUT2D eigenvalue weighted by atomic mass is 32.2. The van der Waals surface area contributed by atoms with E-state index >= 15 is 0 Å². The fraction of sp³-hybridized carbons (Fsp3) is 0. The maximum atomic E-state index is 2.46. The molecule has 0 nitrogen and oxygen atoms in total. The second-order valence-electron chi connectivity index (χ2n) is 11.2. The van der Waals surface area contributed by atoms with Crippen molar-refractivity contribution in [2.75, 3.05) is 0 Å². The highest BCUT2D eigenvalue weighted by molar-refractivity contribution is 8.26. The van der Waals surface area contributed by atoms with Gasteiger partial charge in [0, 0.05) is 61.5 Å². The highest BCUT2D eigenvalue weighted by Crippen LogP contribution is 2.68. The average molecular weight is 759 g/mol. The standard InChI is InChI=1S/C40H22S8/c1-2-12-23(13-3-1)22-24-33(37-41-25-14-4-5-15-26(25)42-37)35(39-45-29-18-8-9-19-30(29)46-39)36(40-47-31-20-10-11-21-32(31)48-40)34(24)38-43-27-16-6-7-17-28(27)44-38/h1-22H. The normalized spacial score (nSPS) is 17.8. The van der Waals surface area contributed by atoms with Gasteiger partial charge in [-0.1, -0.05) is 173 Å². The molecule has 1 saturated carbocycles. The maximum absolute atomic E-state index is 2.46. The maximum Gasteiger partial charge on any atom is 0.0585 e. The lowest BCUT2D eigenvalue weighted by Crippen LogP contribution is -1.90. The zero-order valence-corrected chi connectivity index (χ0v) is 31.5. The zero-order valence-electron chi connectivity index (χ0n) is 25.0. The van der Waals surface area contributed by atoms with Crippen molar-refractivity contribution in [2.45, 2.75) is 39.2 Å². The summed E-state index contributed by atoms with van der Waals surface area (Å²) in [5.41, 5.74) is 8.05. The molecule has 0 amide bonds. The fourth-order valence-electron chi connectivity index (χ4n) is 6.10. The van der Waals surface area contributed by atoms with E-state index in [0.29, 0.717) is 0 Å². The minimum absolute atomic E-state index is 1.22. The first-order valence-corrected chi connectivity index (χ1v) is 21.8. The molecule has 0 unspecified atom stereocenters. The van der Waals surface area contributed by atoms with Crippen LogP contribution in [0.2, 0.25) is 0 Å². The van der Waals surface area contributed by atoms with Crippen LogP contribution < -0.4 is 0 Å². The van der Waals surface area contributed by atoms with Gasteiger partial charge in [0.15, 0.2) is 0 Å². The number of hydrogen-bond donors (Lipinski definition) is 0. The third kappa shape index (κ3) is 5.35. The van der Waals surface area contributed by atoms with Crippen LogP contribution in [0.25, 0.3) is 6.08 Å². The summed E-state index contributed by atoms with van der Waals surface area (Å²) < 4.78 is 5.47. The quantitative estimate of drug-likeness (QED) is 0.164. The minimum atomic E-state index is 1.22. The van der Waals surface area contributed by atoms with Crippen molar-refractivity contribution in [1.29, 1.82) is 0 Å². The Kier molecular flexibility index (Phi) is 8.07. The van der Waals surface area contributed by atoms with Crippen LogP contribution in [0.4, 0.5) is 0 Å². The molecule has 0 saturated heterocycles. The molecule has 5 aromatic rings. The van der Waals surface area contributed by atoms with Crippen molar-refractivity contribution in [3.05, 3.63) is 178 Å². The van der Waals surface area contributed by atoms with E-state index < -0.39 is 0 Å². The van der Waals surface area contributed by atoms with Gasteiger partial charge < -0.3 is 0 Å². The van der Waals surface area contributed by atoms with Gasteiger partial charge in [0.2, 0.25) is 0 Å². The van der Waals surface area contributed by atoms with Crippen LogP contribution in [0.5, 0.6) is 0 Å². The van der Waals surface area contributed by atoms with Gasteiger partial charge in [-0.2, -0.15) is 0 Å². The lowest BCUT2D eigenvalue weighted by Gasteiger charge is -2.12. The van der Waals surface area contributed by atoms with E-state index in [4.69, 9.17) is 0 Å². The van der Waals surface area contributed by atoms with Gasteiger partial charge in [-0.3, -0.25) is 0 Å². The van der Waals surface area contributed by atoms with Crippen molar-refractivity contribution in [1.82, 2.24) is 0 Å². The third-order valence-electron chi connectivity index (χ3n) is 8.23. The Balaban J connectivity index is 1.30. The van der Waals surface area contributed by atoms with Gasteiger partial charge in [0.25, 0.3) is 0 Å². The first-order chi connectivity index (χ1) is 23.8. The Morgan fingerprint density at radius 3 is 0.812 bits per heavy atom. The number of hydrogen-bond acceptors (Lipinski definition) is 8. The molecule has 4 aliphatic heterocycles. The summed E-state index contributed by atoms with van der Waals surface area (Å²) >= 11 is 15.5. The number of rotatable bonds is 1. The smallest absolute Gasteiger partial charge is 0.0585 e. The number of fused-ring (bicyclic) bond motifs is 4. The molecule has 4 heterocycles. The molecule has 0 N–H and O–H groups in total. The minimum Gasteiger partial charge on any atom is -0.0809 e. The van der Waals surface area contributed by atoms with Gasteiger partial charge in [0.1, 0.15) is 0 Å². The van der Waals surface area contributed by atoms with Crippen molar-refractivity contribution < 1.29 is 0 Å². The molecule has 0 atom stereocenters.